The zero-order valence-electron chi connectivity index (χ0n) is 5.61. The second kappa shape index (κ2) is 2.94. The topological polar surface area (TPSA) is 61.9 Å². The Bertz CT molecular complexity index is 260. The Morgan fingerprint density at radius 2 is 2.50 bits per heavy atom. The van der Waals surface area contributed by atoms with E-state index in [1.165, 1.54) is 0 Å². The minimum atomic E-state index is 0.296. The molecule has 0 atom stereocenters. The molecular weight excluding hydrogens is 130 g/mol. The number of nitrogens with zero attached hydrogens (tertiary/aromatic N) is 3. The molecule has 4 nitrogen and oxygen atoms in total. The minimum absolute atomic E-state index is 0.296. The first-order valence-corrected chi connectivity index (χ1v) is 2.89. The van der Waals surface area contributed by atoms with E-state index in [-0.39, 0.29) is 0 Å². The molecule has 10 heavy (non-hydrogen) atoms. The largest absolute Gasteiger partial charge is 0.466 e. The Morgan fingerprint density at radius 1 is 1.70 bits per heavy atom. The van der Waals surface area contributed by atoms with Crippen LogP contribution in [0.2, 0.25) is 0 Å². The van der Waals surface area contributed by atoms with Crippen molar-refractivity contribution in [1.29, 1.82) is 0 Å². The van der Waals surface area contributed by atoms with Gasteiger partial charge in [0.15, 0.2) is 0 Å². The standard InChI is InChI=1S/C6H7N3O/c1-5-2-3-6(10-5)4-8-9-7/h2-3H,4H2,1H3. The van der Waals surface area contributed by atoms with Crippen LogP contribution in [0.3, 0.4) is 0 Å². The average Bonchev–Trinajstić information content (AvgIpc) is 2.31. The molecule has 0 saturated heterocycles. The van der Waals surface area contributed by atoms with Crippen LogP contribution in [0.15, 0.2) is 21.7 Å². The van der Waals surface area contributed by atoms with Gasteiger partial charge < -0.3 is 4.42 Å². The van der Waals surface area contributed by atoms with Crippen LogP contribution < -0.4 is 0 Å². The molecule has 0 radical (unpaired) electrons. The molecule has 0 N–H and O–H groups in total. The predicted octanol–water partition coefficient (Wildman–Crippen LogP) is 2.40. The van der Waals surface area contributed by atoms with Gasteiger partial charge in [0.05, 0.1) is 6.54 Å². The number of aryl methyl sites for hydroxylation is 1. The highest BCUT2D eigenvalue weighted by Crippen LogP contribution is 2.06. The molecule has 0 spiro atoms. The minimum Gasteiger partial charge on any atom is -0.466 e. The third kappa shape index (κ3) is 1.53. The first-order valence-electron chi connectivity index (χ1n) is 2.89. The van der Waals surface area contributed by atoms with E-state index in [1.54, 1.807) is 6.07 Å². The zero-order valence-corrected chi connectivity index (χ0v) is 5.61. The summed E-state index contributed by atoms with van der Waals surface area (Å²) in [6.07, 6.45) is 0. The van der Waals surface area contributed by atoms with Crippen LogP contribution >= 0.6 is 0 Å². The fraction of sp³-hybridized carbons (Fsp3) is 0.333. The molecule has 0 fully saturated rings. The summed E-state index contributed by atoms with van der Waals surface area (Å²) in [6.45, 7) is 2.14. The van der Waals surface area contributed by atoms with E-state index in [0.29, 0.717) is 12.3 Å². The lowest BCUT2D eigenvalue weighted by molar-refractivity contribution is 0.485. The summed E-state index contributed by atoms with van der Waals surface area (Å²) in [5.74, 6) is 1.54. The van der Waals surface area contributed by atoms with Crippen LogP contribution in [0, 0.1) is 6.92 Å². The normalized spacial score (nSPS) is 8.90. The summed E-state index contributed by atoms with van der Waals surface area (Å²) in [7, 11) is 0. The van der Waals surface area contributed by atoms with Gasteiger partial charge in [0.1, 0.15) is 11.5 Å². The third-order valence-corrected chi connectivity index (χ3v) is 1.09. The van der Waals surface area contributed by atoms with Crippen molar-refractivity contribution in [3.63, 3.8) is 0 Å². The lowest BCUT2D eigenvalue weighted by Gasteiger charge is -1.83. The number of rotatable bonds is 2. The van der Waals surface area contributed by atoms with Crippen LogP contribution in [-0.4, -0.2) is 0 Å². The molecule has 0 aliphatic carbocycles. The molecule has 0 aromatic carbocycles. The quantitative estimate of drug-likeness (QED) is 0.350. The molecule has 1 aromatic heterocycles. The van der Waals surface area contributed by atoms with Gasteiger partial charge in [-0.25, -0.2) is 0 Å². The SMILES string of the molecule is Cc1ccc(CN=[N+]=[N-])o1. The summed E-state index contributed by atoms with van der Waals surface area (Å²) in [6, 6.07) is 3.63. The Kier molecular flexibility index (Phi) is 1.97. The lowest BCUT2D eigenvalue weighted by Crippen LogP contribution is -1.70. The summed E-state index contributed by atoms with van der Waals surface area (Å²) < 4.78 is 5.12. The average molecular weight is 137 g/mol. The van der Waals surface area contributed by atoms with Crippen LogP contribution in [0.25, 0.3) is 10.4 Å². The summed E-state index contributed by atoms with van der Waals surface area (Å²) in [5, 5.41) is 3.34. The van der Waals surface area contributed by atoms with Gasteiger partial charge in [-0.2, -0.15) is 0 Å². The molecule has 1 aromatic rings. The van der Waals surface area contributed by atoms with E-state index in [0.717, 1.165) is 5.76 Å². The molecule has 4 heteroatoms. The van der Waals surface area contributed by atoms with Crippen molar-refractivity contribution in [3.8, 4) is 0 Å². The maximum Gasteiger partial charge on any atom is 0.109 e. The van der Waals surface area contributed by atoms with Gasteiger partial charge in [-0.05, 0) is 24.6 Å². The van der Waals surface area contributed by atoms with Gasteiger partial charge in [0.25, 0.3) is 0 Å². The first kappa shape index (κ1) is 6.71. The third-order valence-electron chi connectivity index (χ3n) is 1.09. The van der Waals surface area contributed by atoms with E-state index in [4.69, 9.17) is 9.95 Å². The highest BCUT2D eigenvalue weighted by Gasteiger charge is 1.93. The van der Waals surface area contributed by atoms with Gasteiger partial charge in [0, 0.05) is 4.91 Å². The van der Waals surface area contributed by atoms with Gasteiger partial charge in [-0.1, -0.05) is 5.11 Å². The monoisotopic (exact) mass is 137 g/mol. The second-order valence-electron chi connectivity index (χ2n) is 1.90. The predicted molar refractivity (Wildman–Crippen MR) is 36.3 cm³/mol. The lowest BCUT2D eigenvalue weighted by atomic mass is 10.4. The van der Waals surface area contributed by atoms with Crippen molar-refractivity contribution in [1.82, 2.24) is 0 Å². The van der Waals surface area contributed by atoms with Crippen LogP contribution in [0.5, 0.6) is 0 Å². The van der Waals surface area contributed by atoms with Gasteiger partial charge >= 0.3 is 0 Å². The Hall–Kier alpha value is -1.41. The van der Waals surface area contributed by atoms with E-state index >= 15 is 0 Å². The zero-order chi connectivity index (χ0) is 7.40. The van der Waals surface area contributed by atoms with Crippen LogP contribution in [0.1, 0.15) is 11.5 Å². The molecule has 0 aliphatic rings. The number of hydrogen-bond acceptors (Lipinski definition) is 2. The molecule has 0 amide bonds. The van der Waals surface area contributed by atoms with Gasteiger partial charge in [0.2, 0.25) is 0 Å². The van der Waals surface area contributed by atoms with Gasteiger partial charge in [-0.3, -0.25) is 0 Å². The fourth-order valence-corrected chi connectivity index (χ4v) is 0.671. The Balaban J connectivity index is 2.66. The number of azide groups is 1. The summed E-state index contributed by atoms with van der Waals surface area (Å²) in [4.78, 5) is 2.61. The van der Waals surface area contributed by atoms with E-state index in [2.05, 4.69) is 10.0 Å². The van der Waals surface area contributed by atoms with Crippen molar-refractivity contribution in [3.05, 3.63) is 34.1 Å². The van der Waals surface area contributed by atoms with Crippen molar-refractivity contribution in [2.24, 2.45) is 5.11 Å². The molecule has 52 valence electrons. The highest BCUT2D eigenvalue weighted by molar-refractivity contribution is 5.05. The maximum atomic E-state index is 7.95. The van der Waals surface area contributed by atoms with Crippen LogP contribution in [-0.2, 0) is 6.54 Å². The van der Waals surface area contributed by atoms with Crippen molar-refractivity contribution in [2.75, 3.05) is 0 Å². The Morgan fingerprint density at radius 3 is 3.00 bits per heavy atom. The van der Waals surface area contributed by atoms with E-state index < -0.39 is 0 Å². The number of hydrogen-bond donors (Lipinski definition) is 0. The van der Waals surface area contributed by atoms with Gasteiger partial charge in [-0.15, -0.1) is 0 Å². The smallest absolute Gasteiger partial charge is 0.109 e. The molecule has 1 rings (SSSR count). The number of furan rings is 1. The molecule has 0 saturated carbocycles. The molecular formula is C6H7N3O. The molecule has 0 aliphatic heterocycles. The fourth-order valence-electron chi connectivity index (χ4n) is 0.671. The first-order chi connectivity index (χ1) is 4.83. The van der Waals surface area contributed by atoms with Crippen molar-refractivity contribution >= 4 is 0 Å². The summed E-state index contributed by atoms with van der Waals surface area (Å²) >= 11 is 0. The molecule has 0 unspecified atom stereocenters. The maximum absolute atomic E-state index is 7.95. The van der Waals surface area contributed by atoms with Crippen LogP contribution in [0.4, 0.5) is 0 Å². The van der Waals surface area contributed by atoms with Crippen molar-refractivity contribution < 1.29 is 4.42 Å². The Labute approximate surface area is 58.1 Å². The summed E-state index contributed by atoms with van der Waals surface area (Å²) in [5.41, 5.74) is 7.95. The molecule has 0 bridgehead atoms. The highest BCUT2D eigenvalue weighted by atomic mass is 16.3. The van der Waals surface area contributed by atoms with E-state index in [9.17, 15) is 0 Å². The van der Waals surface area contributed by atoms with Crippen molar-refractivity contribution in [2.45, 2.75) is 13.5 Å². The van der Waals surface area contributed by atoms with E-state index in [1.807, 2.05) is 13.0 Å². The second-order valence-corrected chi connectivity index (χ2v) is 1.90. The molecule has 1 heterocycles.